The molecule has 0 amide bonds. The lowest BCUT2D eigenvalue weighted by atomic mass is 9.73. The lowest BCUT2D eigenvalue weighted by Gasteiger charge is -2.42. The van der Waals surface area contributed by atoms with Crippen molar-refractivity contribution in [2.45, 2.75) is 78.2 Å². The smallest absolute Gasteiger partial charge is 0.00528 e. The van der Waals surface area contributed by atoms with Crippen molar-refractivity contribution in [3.05, 3.63) is 0 Å². The Morgan fingerprint density at radius 1 is 1.11 bits per heavy atom. The molecule has 0 aromatic rings. The van der Waals surface area contributed by atoms with Gasteiger partial charge < -0.3 is 10.6 Å². The average molecular weight is 254 g/mol. The van der Waals surface area contributed by atoms with Crippen LogP contribution in [0.4, 0.5) is 0 Å². The van der Waals surface area contributed by atoms with Crippen molar-refractivity contribution in [2.75, 3.05) is 19.6 Å². The van der Waals surface area contributed by atoms with E-state index in [1.54, 1.807) is 0 Å². The standard InChI is InChI=1S/C16H34N2/c1-4-5-9-12-18(15(2)3)14-16(13-17)10-7-6-8-11-16/h15H,4-14,17H2,1-3H3. The molecule has 1 aliphatic rings. The largest absolute Gasteiger partial charge is 0.330 e. The van der Waals surface area contributed by atoms with Gasteiger partial charge in [-0.15, -0.1) is 0 Å². The van der Waals surface area contributed by atoms with Gasteiger partial charge >= 0.3 is 0 Å². The highest BCUT2D eigenvalue weighted by Crippen LogP contribution is 2.36. The summed E-state index contributed by atoms with van der Waals surface area (Å²) in [7, 11) is 0. The number of hydrogen-bond acceptors (Lipinski definition) is 2. The first kappa shape index (κ1) is 16.0. The zero-order valence-corrected chi connectivity index (χ0v) is 12.9. The summed E-state index contributed by atoms with van der Waals surface area (Å²) >= 11 is 0. The van der Waals surface area contributed by atoms with Crippen molar-refractivity contribution in [1.29, 1.82) is 0 Å². The van der Waals surface area contributed by atoms with E-state index in [0.29, 0.717) is 11.5 Å². The Labute approximate surface area is 114 Å². The van der Waals surface area contributed by atoms with Crippen LogP contribution >= 0.6 is 0 Å². The molecule has 1 fully saturated rings. The summed E-state index contributed by atoms with van der Waals surface area (Å²) in [5.41, 5.74) is 6.54. The molecule has 2 heteroatoms. The number of unbranched alkanes of at least 4 members (excludes halogenated alkanes) is 2. The van der Waals surface area contributed by atoms with E-state index in [1.807, 2.05) is 0 Å². The van der Waals surface area contributed by atoms with Crippen LogP contribution in [0.2, 0.25) is 0 Å². The Morgan fingerprint density at radius 3 is 2.28 bits per heavy atom. The molecule has 0 heterocycles. The zero-order chi connectivity index (χ0) is 13.4. The van der Waals surface area contributed by atoms with Crippen molar-refractivity contribution in [3.8, 4) is 0 Å². The van der Waals surface area contributed by atoms with Gasteiger partial charge in [0.1, 0.15) is 0 Å². The molecule has 1 rings (SSSR count). The number of hydrogen-bond donors (Lipinski definition) is 1. The molecule has 0 saturated heterocycles. The van der Waals surface area contributed by atoms with Crippen molar-refractivity contribution in [1.82, 2.24) is 4.90 Å². The minimum Gasteiger partial charge on any atom is -0.330 e. The molecule has 18 heavy (non-hydrogen) atoms. The van der Waals surface area contributed by atoms with Gasteiger partial charge in [0.25, 0.3) is 0 Å². The lowest BCUT2D eigenvalue weighted by molar-refractivity contribution is 0.0895. The predicted octanol–water partition coefficient (Wildman–Crippen LogP) is 3.80. The molecule has 108 valence electrons. The van der Waals surface area contributed by atoms with E-state index < -0.39 is 0 Å². The van der Waals surface area contributed by atoms with E-state index in [9.17, 15) is 0 Å². The highest BCUT2D eigenvalue weighted by Gasteiger charge is 2.32. The summed E-state index contributed by atoms with van der Waals surface area (Å²) in [5.74, 6) is 0. The molecule has 0 aromatic carbocycles. The molecule has 0 spiro atoms. The molecular weight excluding hydrogens is 220 g/mol. The van der Waals surface area contributed by atoms with Gasteiger partial charge in [-0.3, -0.25) is 0 Å². The van der Waals surface area contributed by atoms with Crippen molar-refractivity contribution in [2.24, 2.45) is 11.1 Å². The molecule has 0 radical (unpaired) electrons. The van der Waals surface area contributed by atoms with Crippen LogP contribution < -0.4 is 5.73 Å². The second-order valence-electron chi connectivity index (χ2n) is 6.54. The van der Waals surface area contributed by atoms with E-state index in [-0.39, 0.29) is 0 Å². The first-order valence-electron chi connectivity index (χ1n) is 8.07. The lowest BCUT2D eigenvalue weighted by Crippen LogP contribution is -2.46. The third-order valence-electron chi connectivity index (χ3n) is 4.66. The second-order valence-corrected chi connectivity index (χ2v) is 6.54. The Kier molecular flexibility index (Phi) is 7.25. The maximum Gasteiger partial charge on any atom is 0.00528 e. The van der Waals surface area contributed by atoms with Crippen LogP contribution in [0.1, 0.15) is 72.1 Å². The van der Waals surface area contributed by atoms with Crippen LogP contribution in [0.25, 0.3) is 0 Å². The van der Waals surface area contributed by atoms with Crippen molar-refractivity contribution >= 4 is 0 Å². The highest BCUT2D eigenvalue weighted by molar-refractivity contribution is 4.87. The Bertz CT molecular complexity index is 207. The minimum atomic E-state index is 0.425. The van der Waals surface area contributed by atoms with Gasteiger partial charge in [-0.05, 0) is 51.6 Å². The van der Waals surface area contributed by atoms with Crippen LogP contribution in [0.3, 0.4) is 0 Å². The molecule has 0 atom stereocenters. The molecule has 1 saturated carbocycles. The minimum absolute atomic E-state index is 0.425. The van der Waals surface area contributed by atoms with E-state index in [2.05, 4.69) is 25.7 Å². The molecule has 0 bridgehead atoms. The average Bonchev–Trinajstić information content (AvgIpc) is 2.39. The molecule has 1 aliphatic carbocycles. The number of rotatable bonds is 8. The molecule has 0 unspecified atom stereocenters. The fourth-order valence-electron chi connectivity index (χ4n) is 3.24. The van der Waals surface area contributed by atoms with Gasteiger partial charge in [0, 0.05) is 12.6 Å². The normalized spacial score (nSPS) is 19.7. The van der Waals surface area contributed by atoms with E-state index in [4.69, 9.17) is 5.73 Å². The molecule has 0 aliphatic heterocycles. The topological polar surface area (TPSA) is 29.3 Å². The summed E-state index contributed by atoms with van der Waals surface area (Å²) in [6.07, 6.45) is 10.9. The van der Waals surface area contributed by atoms with E-state index >= 15 is 0 Å². The summed E-state index contributed by atoms with van der Waals surface area (Å²) in [5, 5.41) is 0. The predicted molar refractivity (Wildman–Crippen MR) is 80.8 cm³/mol. The molecule has 2 nitrogen and oxygen atoms in total. The van der Waals surface area contributed by atoms with Crippen LogP contribution in [0.5, 0.6) is 0 Å². The SMILES string of the molecule is CCCCCN(CC1(CN)CCCCC1)C(C)C. The third kappa shape index (κ3) is 4.89. The van der Waals surface area contributed by atoms with Gasteiger partial charge in [0.05, 0.1) is 0 Å². The summed E-state index contributed by atoms with van der Waals surface area (Å²) in [6.45, 7) is 10.3. The second kappa shape index (κ2) is 8.16. The maximum absolute atomic E-state index is 6.11. The number of nitrogens with zero attached hydrogens (tertiary/aromatic N) is 1. The van der Waals surface area contributed by atoms with Gasteiger partial charge in [-0.1, -0.05) is 39.0 Å². The van der Waals surface area contributed by atoms with Crippen LogP contribution in [0, 0.1) is 5.41 Å². The van der Waals surface area contributed by atoms with Gasteiger partial charge in [-0.25, -0.2) is 0 Å². The third-order valence-corrected chi connectivity index (χ3v) is 4.66. The monoisotopic (exact) mass is 254 g/mol. The first-order chi connectivity index (χ1) is 8.63. The fraction of sp³-hybridized carbons (Fsp3) is 1.00. The Balaban J connectivity index is 2.51. The van der Waals surface area contributed by atoms with E-state index in [1.165, 1.54) is 64.5 Å². The summed E-state index contributed by atoms with van der Waals surface area (Å²) in [4.78, 5) is 2.67. The number of nitrogens with two attached hydrogens (primary N) is 1. The van der Waals surface area contributed by atoms with Crippen LogP contribution in [-0.4, -0.2) is 30.6 Å². The van der Waals surface area contributed by atoms with Crippen LogP contribution in [0.15, 0.2) is 0 Å². The van der Waals surface area contributed by atoms with Gasteiger partial charge in [-0.2, -0.15) is 0 Å². The zero-order valence-electron chi connectivity index (χ0n) is 12.9. The quantitative estimate of drug-likeness (QED) is 0.668. The molecular formula is C16H34N2. The molecule has 2 N–H and O–H groups in total. The first-order valence-corrected chi connectivity index (χ1v) is 8.07. The van der Waals surface area contributed by atoms with E-state index in [0.717, 1.165) is 6.54 Å². The van der Waals surface area contributed by atoms with Gasteiger partial charge in [0.15, 0.2) is 0 Å². The highest BCUT2D eigenvalue weighted by atomic mass is 15.2. The fourth-order valence-corrected chi connectivity index (χ4v) is 3.24. The van der Waals surface area contributed by atoms with Crippen molar-refractivity contribution in [3.63, 3.8) is 0 Å². The van der Waals surface area contributed by atoms with Crippen molar-refractivity contribution < 1.29 is 0 Å². The Morgan fingerprint density at radius 2 is 1.78 bits per heavy atom. The summed E-state index contributed by atoms with van der Waals surface area (Å²) in [6, 6.07) is 0.659. The maximum atomic E-state index is 6.11. The Hall–Kier alpha value is -0.0800. The summed E-state index contributed by atoms with van der Waals surface area (Å²) < 4.78 is 0. The van der Waals surface area contributed by atoms with Gasteiger partial charge in [0.2, 0.25) is 0 Å². The molecule has 0 aromatic heterocycles. The van der Waals surface area contributed by atoms with Crippen LogP contribution in [-0.2, 0) is 0 Å².